The lowest BCUT2D eigenvalue weighted by Gasteiger charge is -2.14. The first kappa shape index (κ1) is 13.4. The first-order chi connectivity index (χ1) is 9.83. The molecule has 1 N–H and O–H groups in total. The molecule has 20 heavy (non-hydrogen) atoms. The van der Waals surface area contributed by atoms with E-state index >= 15 is 0 Å². The van der Waals surface area contributed by atoms with Gasteiger partial charge in [0.1, 0.15) is 5.75 Å². The molecule has 3 nitrogen and oxygen atoms in total. The van der Waals surface area contributed by atoms with E-state index < -0.39 is 0 Å². The fourth-order valence-corrected chi connectivity index (χ4v) is 3.06. The number of benzene rings is 1. The molecule has 3 heteroatoms. The molecule has 0 saturated carbocycles. The molecule has 2 aromatic rings. The number of nitrogens with one attached hydrogen (secondary N) is 1. The van der Waals surface area contributed by atoms with Crippen molar-refractivity contribution in [1.82, 2.24) is 10.3 Å². The van der Waals surface area contributed by atoms with Crippen LogP contribution < -0.4 is 10.1 Å². The Hall–Kier alpha value is -1.61. The summed E-state index contributed by atoms with van der Waals surface area (Å²) in [5.74, 6) is 0.911. The van der Waals surface area contributed by atoms with Crippen LogP contribution in [-0.4, -0.2) is 18.6 Å². The second-order valence-electron chi connectivity index (χ2n) is 5.43. The quantitative estimate of drug-likeness (QED) is 0.847. The molecule has 1 aliphatic rings. The lowest BCUT2D eigenvalue weighted by atomic mass is 10.0. The number of hydrogen-bond donors (Lipinski definition) is 1. The van der Waals surface area contributed by atoms with Gasteiger partial charge >= 0.3 is 0 Å². The normalized spacial score (nSPS) is 13.7. The summed E-state index contributed by atoms with van der Waals surface area (Å²) in [5, 5.41) is 4.79. The molecule has 3 rings (SSSR count). The molecule has 0 atom stereocenters. The lowest BCUT2D eigenvalue weighted by Crippen LogP contribution is -2.16. The monoisotopic (exact) mass is 270 g/mol. The van der Waals surface area contributed by atoms with E-state index in [0.717, 1.165) is 37.2 Å². The van der Waals surface area contributed by atoms with Gasteiger partial charge in [0.25, 0.3) is 0 Å². The standard InChI is InChI=1S/C17H22N2O/c1-3-9-18-11-15-13-5-4-6-16(13)19-17-8-7-12(20-2)10-14(15)17/h7-8,10,18H,3-6,9,11H2,1-2H3. The number of rotatable bonds is 5. The Labute approximate surface area is 120 Å². The van der Waals surface area contributed by atoms with Gasteiger partial charge in [0, 0.05) is 17.6 Å². The van der Waals surface area contributed by atoms with Gasteiger partial charge in [-0.3, -0.25) is 4.98 Å². The molecule has 0 unspecified atom stereocenters. The van der Waals surface area contributed by atoms with Gasteiger partial charge in [0.05, 0.1) is 12.6 Å². The topological polar surface area (TPSA) is 34.2 Å². The largest absolute Gasteiger partial charge is 0.497 e. The van der Waals surface area contributed by atoms with Crippen molar-refractivity contribution in [2.24, 2.45) is 0 Å². The molecule has 0 spiro atoms. The number of pyridine rings is 1. The molecule has 106 valence electrons. The van der Waals surface area contributed by atoms with Gasteiger partial charge in [-0.05, 0) is 61.6 Å². The highest BCUT2D eigenvalue weighted by Gasteiger charge is 2.19. The van der Waals surface area contributed by atoms with Crippen LogP contribution in [0.3, 0.4) is 0 Å². The van der Waals surface area contributed by atoms with Crippen molar-refractivity contribution in [3.05, 3.63) is 35.0 Å². The molecule has 1 heterocycles. The number of aryl methyl sites for hydroxylation is 1. The van der Waals surface area contributed by atoms with E-state index in [1.807, 2.05) is 6.07 Å². The maximum Gasteiger partial charge on any atom is 0.119 e. The lowest BCUT2D eigenvalue weighted by molar-refractivity contribution is 0.415. The zero-order valence-corrected chi connectivity index (χ0v) is 12.3. The van der Waals surface area contributed by atoms with Crippen molar-refractivity contribution in [1.29, 1.82) is 0 Å². The number of fused-ring (bicyclic) bond motifs is 2. The second kappa shape index (κ2) is 5.80. The van der Waals surface area contributed by atoms with Crippen LogP contribution in [0.1, 0.15) is 36.6 Å². The first-order valence-electron chi connectivity index (χ1n) is 7.52. The Morgan fingerprint density at radius 3 is 3.00 bits per heavy atom. The van der Waals surface area contributed by atoms with Gasteiger partial charge in [0.2, 0.25) is 0 Å². The molecule has 0 saturated heterocycles. The molecule has 0 fully saturated rings. The Kier molecular flexibility index (Phi) is 3.88. The number of nitrogens with zero attached hydrogens (tertiary/aromatic N) is 1. The van der Waals surface area contributed by atoms with Crippen molar-refractivity contribution < 1.29 is 4.74 Å². The average Bonchev–Trinajstić information content (AvgIpc) is 2.94. The van der Waals surface area contributed by atoms with Crippen LogP contribution in [0.15, 0.2) is 18.2 Å². The van der Waals surface area contributed by atoms with Gasteiger partial charge in [0.15, 0.2) is 0 Å². The summed E-state index contributed by atoms with van der Waals surface area (Å²) in [5.41, 5.74) is 5.29. The minimum atomic E-state index is 0.911. The highest BCUT2D eigenvalue weighted by atomic mass is 16.5. The zero-order valence-electron chi connectivity index (χ0n) is 12.3. The maximum absolute atomic E-state index is 5.37. The van der Waals surface area contributed by atoms with Crippen LogP contribution in [0.5, 0.6) is 5.75 Å². The zero-order chi connectivity index (χ0) is 13.9. The molecule has 0 aliphatic heterocycles. The van der Waals surface area contributed by atoms with Crippen molar-refractivity contribution in [2.45, 2.75) is 39.2 Å². The van der Waals surface area contributed by atoms with Crippen LogP contribution in [0.2, 0.25) is 0 Å². The van der Waals surface area contributed by atoms with Crippen molar-refractivity contribution in [3.63, 3.8) is 0 Å². The number of aromatic nitrogens is 1. The van der Waals surface area contributed by atoms with E-state index in [9.17, 15) is 0 Å². The average molecular weight is 270 g/mol. The van der Waals surface area contributed by atoms with Gasteiger partial charge < -0.3 is 10.1 Å². The second-order valence-corrected chi connectivity index (χ2v) is 5.43. The summed E-state index contributed by atoms with van der Waals surface area (Å²) in [4.78, 5) is 4.84. The SMILES string of the molecule is CCCNCc1c2c(nc3ccc(OC)cc13)CCC2. The van der Waals surface area contributed by atoms with Crippen molar-refractivity contribution >= 4 is 10.9 Å². The highest BCUT2D eigenvalue weighted by molar-refractivity contribution is 5.85. The smallest absolute Gasteiger partial charge is 0.119 e. The molecular weight excluding hydrogens is 248 g/mol. The van der Waals surface area contributed by atoms with E-state index in [4.69, 9.17) is 9.72 Å². The summed E-state index contributed by atoms with van der Waals surface area (Å²) < 4.78 is 5.37. The molecule has 0 bridgehead atoms. The van der Waals surface area contributed by atoms with Crippen LogP contribution in [-0.2, 0) is 19.4 Å². The number of methoxy groups -OCH3 is 1. The molecule has 1 aliphatic carbocycles. The third-order valence-corrected chi connectivity index (χ3v) is 4.07. The van der Waals surface area contributed by atoms with E-state index in [0.29, 0.717) is 0 Å². The molecule has 0 radical (unpaired) electrons. The fourth-order valence-electron chi connectivity index (χ4n) is 3.06. The van der Waals surface area contributed by atoms with Gasteiger partial charge in [-0.15, -0.1) is 0 Å². The highest BCUT2D eigenvalue weighted by Crippen LogP contribution is 2.31. The Balaban J connectivity index is 2.10. The van der Waals surface area contributed by atoms with Crippen LogP contribution in [0.25, 0.3) is 10.9 Å². The predicted molar refractivity (Wildman–Crippen MR) is 82.3 cm³/mol. The minimum absolute atomic E-state index is 0.911. The summed E-state index contributed by atoms with van der Waals surface area (Å²) in [7, 11) is 1.72. The molecule has 1 aromatic heterocycles. The Morgan fingerprint density at radius 2 is 2.20 bits per heavy atom. The van der Waals surface area contributed by atoms with Crippen LogP contribution >= 0.6 is 0 Å². The summed E-state index contributed by atoms with van der Waals surface area (Å²) in [6.45, 7) is 4.19. The fraction of sp³-hybridized carbons (Fsp3) is 0.471. The van der Waals surface area contributed by atoms with Gasteiger partial charge in [-0.25, -0.2) is 0 Å². The van der Waals surface area contributed by atoms with E-state index in [1.54, 1.807) is 7.11 Å². The maximum atomic E-state index is 5.37. The summed E-state index contributed by atoms with van der Waals surface area (Å²) >= 11 is 0. The first-order valence-corrected chi connectivity index (χ1v) is 7.52. The van der Waals surface area contributed by atoms with Crippen LogP contribution in [0, 0.1) is 0 Å². The molecule has 1 aromatic carbocycles. The van der Waals surface area contributed by atoms with Crippen LogP contribution in [0.4, 0.5) is 0 Å². The van der Waals surface area contributed by atoms with E-state index in [-0.39, 0.29) is 0 Å². The van der Waals surface area contributed by atoms with Gasteiger partial charge in [-0.2, -0.15) is 0 Å². The van der Waals surface area contributed by atoms with E-state index in [2.05, 4.69) is 24.4 Å². The Morgan fingerprint density at radius 1 is 1.30 bits per heavy atom. The summed E-state index contributed by atoms with van der Waals surface area (Å²) in [6, 6.07) is 6.21. The molecule has 0 amide bonds. The third kappa shape index (κ3) is 2.38. The van der Waals surface area contributed by atoms with Crippen molar-refractivity contribution in [2.75, 3.05) is 13.7 Å². The van der Waals surface area contributed by atoms with Gasteiger partial charge in [-0.1, -0.05) is 6.92 Å². The minimum Gasteiger partial charge on any atom is -0.497 e. The number of ether oxygens (including phenoxy) is 1. The molecular formula is C17H22N2O. The Bertz CT molecular complexity index is 622. The predicted octanol–water partition coefficient (Wildman–Crippen LogP) is 3.23. The van der Waals surface area contributed by atoms with Crippen molar-refractivity contribution in [3.8, 4) is 5.75 Å². The summed E-state index contributed by atoms with van der Waals surface area (Å²) in [6.07, 6.45) is 4.68. The van der Waals surface area contributed by atoms with E-state index in [1.165, 1.54) is 35.0 Å². The third-order valence-electron chi connectivity index (χ3n) is 4.07. The number of hydrogen-bond acceptors (Lipinski definition) is 3.